The second kappa shape index (κ2) is 9.70. The number of ether oxygens (including phenoxy) is 3. The van der Waals surface area contributed by atoms with Crippen molar-refractivity contribution < 1.29 is 19.0 Å². The maximum Gasteiger partial charge on any atom is 0.256 e. The summed E-state index contributed by atoms with van der Waals surface area (Å²) in [5, 5.41) is 7.26. The van der Waals surface area contributed by atoms with Crippen molar-refractivity contribution in [2.75, 3.05) is 19.5 Å². The van der Waals surface area contributed by atoms with Gasteiger partial charge in [0.25, 0.3) is 5.91 Å². The second-order valence-corrected chi connectivity index (χ2v) is 6.92. The van der Waals surface area contributed by atoms with Gasteiger partial charge in [0.1, 0.15) is 17.3 Å². The average molecular weight is 429 g/mol. The number of carbonyl (C=O) groups is 1. The highest BCUT2D eigenvalue weighted by Crippen LogP contribution is 2.31. The Morgan fingerprint density at radius 1 is 0.906 bits per heavy atom. The van der Waals surface area contributed by atoms with E-state index in [1.165, 1.54) is 0 Å². The predicted molar refractivity (Wildman–Crippen MR) is 122 cm³/mol. The van der Waals surface area contributed by atoms with Crippen LogP contribution in [0.15, 0.2) is 85.1 Å². The minimum absolute atomic E-state index is 0.261. The Bertz CT molecular complexity index is 1200. The first-order valence-electron chi connectivity index (χ1n) is 10.0. The van der Waals surface area contributed by atoms with Gasteiger partial charge in [0.05, 0.1) is 27.0 Å². The molecular weight excluding hydrogens is 406 g/mol. The summed E-state index contributed by atoms with van der Waals surface area (Å²) in [5.74, 6) is 2.86. The Labute approximate surface area is 186 Å². The quantitative estimate of drug-likeness (QED) is 0.427. The Balaban J connectivity index is 1.50. The summed E-state index contributed by atoms with van der Waals surface area (Å²) < 4.78 is 18.4. The van der Waals surface area contributed by atoms with Crippen molar-refractivity contribution in [2.45, 2.75) is 6.54 Å². The number of carbonyl (C=O) groups excluding carboxylic acids is 1. The van der Waals surface area contributed by atoms with Crippen LogP contribution >= 0.6 is 0 Å². The van der Waals surface area contributed by atoms with Crippen molar-refractivity contribution in [1.82, 2.24) is 9.78 Å². The molecule has 7 nitrogen and oxygen atoms in total. The Morgan fingerprint density at radius 2 is 1.69 bits per heavy atom. The zero-order valence-corrected chi connectivity index (χ0v) is 17.8. The number of hydrogen-bond acceptors (Lipinski definition) is 5. The number of aromatic nitrogens is 2. The van der Waals surface area contributed by atoms with Crippen LogP contribution < -0.4 is 19.5 Å². The van der Waals surface area contributed by atoms with Gasteiger partial charge in [0.15, 0.2) is 11.5 Å². The van der Waals surface area contributed by atoms with Crippen LogP contribution in [-0.2, 0) is 6.54 Å². The van der Waals surface area contributed by atoms with Gasteiger partial charge in [0, 0.05) is 17.2 Å². The highest BCUT2D eigenvalue weighted by atomic mass is 16.5. The fraction of sp³-hybridized carbons (Fsp3) is 0.120. The Kier molecular flexibility index (Phi) is 6.36. The lowest BCUT2D eigenvalue weighted by atomic mass is 10.2. The smallest absolute Gasteiger partial charge is 0.256 e. The van der Waals surface area contributed by atoms with Gasteiger partial charge >= 0.3 is 0 Å². The number of nitrogens with one attached hydrogen (secondary N) is 1. The molecule has 0 saturated carbocycles. The van der Waals surface area contributed by atoms with Crippen LogP contribution in [0.4, 0.5) is 5.82 Å². The van der Waals surface area contributed by atoms with E-state index in [-0.39, 0.29) is 5.91 Å². The third-order valence-electron chi connectivity index (χ3n) is 4.84. The molecule has 0 aliphatic rings. The van der Waals surface area contributed by atoms with Crippen molar-refractivity contribution >= 4 is 11.7 Å². The SMILES string of the molecule is COc1cccc(Cn2nccc2NC(=O)c2cccc(Oc3ccccc3)c2)c1OC. The van der Waals surface area contributed by atoms with Crippen LogP contribution in [0, 0.1) is 0 Å². The number of benzene rings is 3. The van der Waals surface area contributed by atoms with E-state index in [9.17, 15) is 4.79 Å². The van der Waals surface area contributed by atoms with E-state index in [1.807, 2.05) is 54.6 Å². The second-order valence-electron chi connectivity index (χ2n) is 6.92. The first kappa shape index (κ1) is 21.0. The average Bonchev–Trinajstić information content (AvgIpc) is 3.26. The van der Waals surface area contributed by atoms with E-state index < -0.39 is 0 Å². The topological polar surface area (TPSA) is 74.6 Å². The van der Waals surface area contributed by atoms with Gasteiger partial charge in [-0.25, -0.2) is 4.68 Å². The van der Waals surface area contributed by atoms with E-state index >= 15 is 0 Å². The van der Waals surface area contributed by atoms with Crippen LogP contribution in [0.2, 0.25) is 0 Å². The lowest BCUT2D eigenvalue weighted by molar-refractivity contribution is 0.102. The Hall–Kier alpha value is -4.26. The third kappa shape index (κ3) is 4.73. The molecule has 0 spiro atoms. The number of amides is 1. The number of para-hydroxylation sites is 2. The number of anilines is 1. The van der Waals surface area contributed by atoms with Gasteiger partial charge in [-0.3, -0.25) is 4.79 Å². The molecule has 162 valence electrons. The van der Waals surface area contributed by atoms with Gasteiger partial charge in [0.2, 0.25) is 0 Å². The summed E-state index contributed by atoms with van der Waals surface area (Å²) in [4.78, 5) is 12.9. The molecule has 0 atom stereocenters. The van der Waals surface area contributed by atoms with Crippen molar-refractivity contribution in [3.8, 4) is 23.0 Å². The van der Waals surface area contributed by atoms with E-state index in [0.717, 1.165) is 5.56 Å². The van der Waals surface area contributed by atoms with Crippen LogP contribution in [0.1, 0.15) is 15.9 Å². The predicted octanol–water partition coefficient (Wildman–Crippen LogP) is 4.99. The Morgan fingerprint density at radius 3 is 2.47 bits per heavy atom. The highest BCUT2D eigenvalue weighted by molar-refractivity contribution is 6.04. The van der Waals surface area contributed by atoms with Crippen molar-refractivity contribution in [3.05, 3.63) is 96.2 Å². The van der Waals surface area contributed by atoms with Crippen LogP contribution in [-0.4, -0.2) is 29.9 Å². The number of rotatable bonds is 8. The zero-order chi connectivity index (χ0) is 22.3. The molecule has 0 bridgehead atoms. The molecule has 0 saturated heterocycles. The molecular formula is C25H23N3O4. The fourth-order valence-electron chi connectivity index (χ4n) is 3.32. The summed E-state index contributed by atoms with van der Waals surface area (Å²) in [5.41, 5.74) is 1.36. The van der Waals surface area contributed by atoms with Crippen molar-refractivity contribution in [3.63, 3.8) is 0 Å². The molecule has 4 aromatic rings. The molecule has 0 fully saturated rings. The van der Waals surface area contributed by atoms with Crippen LogP contribution in [0.3, 0.4) is 0 Å². The number of hydrogen-bond donors (Lipinski definition) is 1. The number of nitrogens with zero attached hydrogens (tertiary/aromatic N) is 2. The monoisotopic (exact) mass is 429 g/mol. The fourth-order valence-corrected chi connectivity index (χ4v) is 3.32. The summed E-state index contributed by atoms with van der Waals surface area (Å²) >= 11 is 0. The molecule has 0 unspecified atom stereocenters. The van der Waals surface area contributed by atoms with E-state index in [4.69, 9.17) is 14.2 Å². The minimum atomic E-state index is -0.261. The van der Waals surface area contributed by atoms with Gasteiger partial charge in [-0.05, 0) is 36.4 Å². The molecule has 32 heavy (non-hydrogen) atoms. The van der Waals surface area contributed by atoms with E-state index in [0.29, 0.717) is 40.9 Å². The largest absolute Gasteiger partial charge is 0.493 e. The zero-order valence-electron chi connectivity index (χ0n) is 17.8. The molecule has 1 aromatic heterocycles. The first-order valence-corrected chi connectivity index (χ1v) is 10.0. The maximum atomic E-state index is 12.9. The molecule has 0 radical (unpaired) electrons. The summed E-state index contributed by atoms with van der Waals surface area (Å²) in [6.45, 7) is 0.403. The van der Waals surface area contributed by atoms with E-state index in [2.05, 4.69) is 10.4 Å². The van der Waals surface area contributed by atoms with Gasteiger partial charge in [-0.2, -0.15) is 5.10 Å². The molecule has 4 rings (SSSR count). The summed E-state index contributed by atoms with van der Waals surface area (Å²) in [6.07, 6.45) is 1.64. The van der Waals surface area contributed by atoms with Gasteiger partial charge in [-0.1, -0.05) is 36.4 Å². The summed E-state index contributed by atoms with van der Waals surface area (Å²) in [7, 11) is 3.19. The molecule has 1 N–H and O–H groups in total. The molecule has 7 heteroatoms. The number of methoxy groups -OCH3 is 2. The minimum Gasteiger partial charge on any atom is -0.493 e. The standard InChI is InChI=1S/C25H23N3O4/c1-30-22-13-7-9-19(24(22)31-2)17-28-23(14-15-26-28)27-25(29)18-8-6-12-21(16-18)32-20-10-4-3-5-11-20/h3-16H,17H2,1-2H3,(H,27,29). The highest BCUT2D eigenvalue weighted by Gasteiger charge is 2.14. The molecule has 1 amide bonds. The molecule has 3 aromatic carbocycles. The molecule has 1 heterocycles. The lowest BCUT2D eigenvalue weighted by Gasteiger charge is -2.14. The van der Waals surface area contributed by atoms with E-state index in [1.54, 1.807) is 49.4 Å². The maximum absolute atomic E-state index is 12.9. The van der Waals surface area contributed by atoms with Crippen LogP contribution in [0.5, 0.6) is 23.0 Å². The van der Waals surface area contributed by atoms with Gasteiger partial charge in [-0.15, -0.1) is 0 Å². The van der Waals surface area contributed by atoms with Crippen LogP contribution in [0.25, 0.3) is 0 Å². The summed E-state index contributed by atoms with van der Waals surface area (Å²) in [6, 6.07) is 23.8. The third-order valence-corrected chi connectivity index (χ3v) is 4.84. The van der Waals surface area contributed by atoms with Crippen molar-refractivity contribution in [1.29, 1.82) is 0 Å². The molecule has 0 aliphatic heterocycles. The molecule has 0 aliphatic carbocycles. The lowest BCUT2D eigenvalue weighted by Crippen LogP contribution is -2.16. The first-order chi connectivity index (χ1) is 15.7. The van der Waals surface area contributed by atoms with Gasteiger partial charge < -0.3 is 19.5 Å². The normalized spacial score (nSPS) is 10.4. The van der Waals surface area contributed by atoms with Crippen molar-refractivity contribution in [2.24, 2.45) is 0 Å².